The Kier molecular flexibility index (Phi) is 4.66. The Morgan fingerprint density at radius 1 is 1.50 bits per heavy atom. The Morgan fingerprint density at radius 2 is 2.29 bits per heavy atom. The van der Waals surface area contributed by atoms with E-state index in [4.69, 9.17) is 0 Å². The normalized spacial score (nSPS) is 9.86. The molecule has 1 aromatic rings. The van der Waals surface area contributed by atoms with Crippen molar-refractivity contribution in [3.63, 3.8) is 0 Å². The van der Waals surface area contributed by atoms with E-state index in [0.29, 0.717) is 6.42 Å². The number of carbonyl (C=O) groups is 1. The van der Waals surface area contributed by atoms with E-state index in [1.54, 1.807) is 6.92 Å². The van der Waals surface area contributed by atoms with E-state index < -0.39 is 0 Å². The Labute approximate surface area is 92.8 Å². The van der Waals surface area contributed by atoms with E-state index in [9.17, 15) is 4.79 Å². The largest absolute Gasteiger partial charge is 0.385 e. The first-order chi connectivity index (χ1) is 6.68. The lowest BCUT2D eigenvalue weighted by Gasteiger charge is -2.05. The van der Waals surface area contributed by atoms with Gasteiger partial charge in [0.15, 0.2) is 0 Å². The van der Waals surface area contributed by atoms with Crippen LogP contribution in [0.2, 0.25) is 0 Å². The molecule has 3 heteroatoms. The van der Waals surface area contributed by atoms with Gasteiger partial charge in [-0.2, -0.15) is 0 Å². The van der Waals surface area contributed by atoms with Crippen molar-refractivity contribution in [2.45, 2.75) is 19.8 Å². The van der Waals surface area contributed by atoms with Crippen LogP contribution in [0.4, 0.5) is 5.69 Å². The van der Waals surface area contributed by atoms with Crippen LogP contribution >= 0.6 is 15.9 Å². The second-order valence-corrected chi connectivity index (χ2v) is 4.16. The maximum Gasteiger partial charge on any atom is 0.129 e. The van der Waals surface area contributed by atoms with Gasteiger partial charge < -0.3 is 10.1 Å². The van der Waals surface area contributed by atoms with Crippen molar-refractivity contribution in [2.24, 2.45) is 0 Å². The van der Waals surface area contributed by atoms with Crippen LogP contribution in [0.1, 0.15) is 19.8 Å². The summed E-state index contributed by atoms with van der Waals surface area (Å²) in [5, 5.41) is 3.26. The molecule has 1 rings (SSSR count). The summed E-state index contributed by atoms with van der Waals surface area (Å²) in [5.41, 5.74) is 1.09. The van der Waals surface area contributed by atoms with Crippen molar-refractivity contribution in [1.29, 1.82) is 0 Å². The molecule has 76 valence electrons. The molecule has 0 spiro atoms. The van der Waals surface area contributed by atoms with Gasteiger partial charge in [0, 0.05) is 23.1 Å². The molecule has 0 aromatic heterocycles. The number of Topliss-reactive ketones (excluding diaryl/α,β-unsaturated/α-hetero) is 1. The zero-order valence-corrected chi connectivity index (χ0v) is 9.80. The lowest BCUT2D eigenvalue weighted by atomic mass is 10.2. The summed E-state index contributed by atoms with van der Waals surface area (Å²) < 4.78 is 1.06. The Balaban J connectivity index is 2.28. The molecule has 0 fully saturated rings. The number of rotatable bonds is 5. The van der Waals surface area contributed by atoms with Crippen molar-refractivity contribution < 1.29 is 4.79 Å². The van der Waals surface area contributed by atoms with Crippen LogP contribution in [0.15, 0.2) is 28.7 Å². The first kappa shape index (κ1) is 11.2. The van der Waals surface area contributed by atoms with Gasteiger partial charge in [0.2, 0.25) is 0 Å². The lowest BCUT2D eigenvalue weighted by Crippen LogP contribution is -2.03. The predicted molar refractivity (Wildman–Crippen MR) is 62.5 cm³/mol. The van der Waals surface area contributed by atoms with Gasteiger partial charge in [0.1, 0.15) is 5.78 Å². The second kappa shape index (κ2) is 5.81. The van der Waals surface area contributed by atoms with Crippen LogP contribution < -0.4 is 5.32 Å². The van der Waals surface area contributed by atoms with Gasteiger partial charge in [0.25, 0.3) is 0 Å². The van der Waals surface area contributed by atoms with Crippen molar-refractivity contribution >= 4 is 27.4 Å². The third-order valence-corrected chi connectivity index (χ3v) is 2.35. The van der Waals surface area contributed by atoms with Gasteiger partial charge in [0.05, 0.1) is 0 Å². The van der Waals surface area contributed by atoms with E-state index in [1.165, 1.54) is 0 Å². The maximum absolute atomic E-state index is 10.7. The van der Waals surface area contributed by atoms with E-state index in [2.05, 4.69) is 21.2 Å². The van der Waals surface area contributed by atoms with Gasteiger partial charge in [-0.15, -0.1) is 0 Å². The molecule has 0 amide bonds. The zero-order valence-electron chi connectivity index (χ0n) is 8.22. The molecule has 0 unspecified atom stereocenters. The minimum atomic E-state index is 0.251. The standard InChI is InChI=1S/C11H14BrNO/c1-9(14)4-3-7-13-11-6-2-5-10(12)8-11/h2,5-6,8,13H,3-4,7H2,1H3. The molecule has 0 bridgehead atoms. The van der Waals surface area contributed by atoms with Crippen LogP contribution in [0.25, 0.3) is 0 Å². The third kappa shape index (κ3) is 4.42. The third-order valence-electron chi connectivity index (χ3n) is 1.86. The Morgan fingerprint density at radius 3 is 2.93 bits per heavy atom. The predicted octanol–water partition coefficient (Wildman–Crippen LogP) is 3.23. The summed E-state index contributed by atoms with van der Waals surface area (Å²) in [5.74, 6) is 0.251. The van der Waals surface area contributed by atoms with Crippen molar-refractivity contribution in [2.75, 3.05) is 11.9 Å². The van der Waals surface area contributed by atoms with Crippen LogP contribution in [0.3, 0.4) is 0 Å². The minimum Gasteiger partial charge on any atom is -0.385 e. The highest BCUT2D eigenvalue weighted by atomic mass is 79.9. The van der Waals surface area contributed by atoms with Gasteiger partial charge in [-0.05, 0) is 31.5 Å². The number of benzene rings is 1. The van der Waals surface area contributed by atoms with Crippen LogP contribution in [0.5, 0.6) is 0 Å². The smallest absolute Gasteiger partial charge is 0.129 e. The van der Waals surface area contributed by atoms with Gasteiger partial charge in [-0.3, -0.25) is 0 Å². The minimum absolute atomic E-state index is 0.251. The number of anilines is 1. The molecule has 0 aliphatic heterocycles. The fourth-order valence-electron chi connectivity index (χ4n) is 1.17. The molecule has 14 heavy (non-hydrogen) atoms. The first-order valence-corrected chi connectivity index (χ1v) is 5.46. The molecular weight excluding hydrogens is 242 g/mol. The summed E-state index contributed by atoms with van der Waals surface area (Å²) in [7, 11) is 0. The molecule has 1 N–H and O–H groups in total. The van der Waals surface area contributed by atoms with Crippen molar-refractivity contribution in [3.8, 4) is 0 Å². The lowest BCUT2D eigenvalue weighted by molar-refractivity contribution is -0.117. The number of nitrogens with one attached hydrogen (secondary N) is 1. The molecule has 0 heterocycles. The van der Waals surface area contributed by atoms with Crippen LogP contribution in [-0.2, 0) is 4.79 Å². The first-order valence-electron chi connectivity index (χ1n) is 4.67. The monoisotopic (exact) mass is 255 g/mol. The van der Waals surface area contributed by atoms with E-state index >= 15 is 0 Å². The summed E-state index contributed by atoms with van der Waals surface area (Å²) in [6, 6.07) is 8.00. The fourth-order valence-corrected chi connectivity index (χ4v) is 1.57. The second-order valence-electron chi connectivity index (χ2n) is 3.24. The van der Waals surface area contributed by atoms with Gasteiger partial charge >= 0.3 is 0 Å². The van der Waals surface area contributed by atoms with Crippen LogP contribution in [-0.4, -0.2) is 12.3 Å². The molecule has 0 atom stereocenters. The average Bonchev–Trinajstić information content (AvgIpc) is 2.12. The van der Waals surface area contributed by atoms with E-state index in [-0.39, 0.29) is 5.78 Å². The maximum atomic E-state index is 10.7. The van der Waals surface area contributed by atoms with Crippen molar-refractivity contribution in [3.05, 3.63) is 28.7 Å². The topological polar surface area (TPSA) is 29.1 Å². The molecule has 0 aliphatic carbocycles. The highest BCUT2D eigenvalue weighted by Crippen LogP contribution is 2.15. The molecule has 0 saturated carbocycles. The summed E-state index contributed by atoms with van der Waals surface area (Å²) >= 11 is 3.40. The highest BCUT2D eigenvalue weighted by molar-refractivity contribution is 9.10. The number of hydrogen-bond donors (Lipinski definition) is 1. The van der Waals surface area contributed by atoms with E-state index in [1.807, 2.05) is 24.3 Å². The zero-order chi connectivity index (χ0) is 10.4. The number of halogens is 1. The quantitative estimate of drug-likeness (QED) is 0.819. The number of hydrogen-bond acceptors (Lipinski definition) is 2. The Hall–Kier alpha value is -0.830. The van der Waals surface area contributed by atoms with Gasteiger partial charge in [-0.1, -0.05) is 22.0 Å². The Bertz CT molecular complexity index is 312. The summed E-state index contributed by atoms with van der Waals surface area (Å²) in [6.07, 6.45) is 1.54. The average molecular weight is 256 g/mol. The van der Waals surface area contributed by atoms with Crippen LogP contribution in [0, 0.1) is 0 Å². The summed E-state index contributed by atoms with van der Waals surface area (Å²) in [6.45, 7) is 2.47. The fraction of sp³-hybridized carbons (Fsp3) is 0.364. The number of ketones is 1. The highest BCUT2D eigenvalue weighted by Gasteiger charge is 1.94. The molecule has 2 nitrogen and oxygen atoms in total. The summed E-state index contributed by atoms with van der Waals surface area (Å²) in [4.78, 5) is 10.7. The SMILES string of the molecule is CC(=O)CCCNc1cccc(Br)c1. The molecule has 0 aliphatic rings. The molecule has 0 radical (unpaired) electrons. The molecule has 0 saturated heterocycles. The van der Waals surface area contributed by atoms with E-state index in [0.717, 1.165) is 23.1 Å². The van der Waals surface area contributed by atoms with Gasteiger partial charge in [-0.25, -0.2) is 0 Å². The number of carbonyl (C=O) groups excluding carboxylic acids is 1. The molecular formula is C11H14BrNO. The van der Waals surface area contributed by atoms with Crippen molar-refractivity contribution in [1.82, 2.24) is 0 Å². The molecule has 1 aromatic carbocycles.